The first-order valence-electron chi connectivity index (χ1n) is 4.42. The van der Waals surface area contributed by atoms with Gasteiger partial charge in [-0.15, -0.1) is 0 Å². The molecule has 0 aliphatic carbocycles. The van der Waals surface area contributed by atoms with Crippen LogP contribution in [-0.4, -0.2) is 36.9 Å². The average molecular weight is 192 g/mol. The van der Waals surface area contributed by atoms with Crippen LogP contribution in [0.2, 0.25) is 0 Å². The summed E-state index contributed by atoms with van der Waals surface area (Å²) in [6.45, 7) is 1.30. The van der Waals surface area contributed by atoms with Gasteiger partial charge in [-0.3, -0.25) is 4.79 Å². The van der Waals surface area contributed by atoms with Gasteiger partial charge in [0, 0.05) is 13.1 Å². The molecule has 1 heterocycles. The lowest BCUT2D eigenvalue weighted by atomic mass is 9.98. The van der Waals surface area contributed by atoms with Gasteiger partial charge in [0.1, 0.15) is 0 Å². The molecule has 0 bridgehead atoms. The Morgan fingerprint density at radius 3 is 2.85 bits per heavy atom. The Hall–Kier alpha value is -0.710. The molecule has 2 N–H and O–H groups in total. The largest absolute Gasteiger partial charge is 0.337 e. The SMILES string of the molecule is NCC1CCCN(C(=O)C(F)F)C1. The van der Waals surface area contributed by atoms with Crippen molar-refractivity contribution in [3.8, 4) is 0 Å². The molecule has 0 radical (unpaired) electrons. The number of alkyl halides is 2. The molecular weight excluding hydrogens is 178 g/mol. The van der Waals surface area contributed by atoms with Gasteiger partial charge in [-0.1, -0.05) is 0 Å². The summed E-state index contributed by atoms with van der Waals surface area (Å²) in [5, 5.41) is 0. The molecule has 0 aromatic carbocycles. The maximum Gasteiger partial charge on any atom is 0.315 e. The number of piperidine rings is 1. The minimum absolute atomic E-state index is 0.191. The van der Waals surface area contributed by atoms with Gasteiger partial charge in [0.05, 0.1) is 0 Å². The van der Waals surface area contributed by atoms with E-state index in [9.17, 15) is 13.6 Å². The maximum absolute atomic E-state index is 12.0. The van der Waals surface area contributed by atoms with Crippen LogP contribution >= 0.6 is 0 Å². The van der Waals surface area contributed by atoms with Gasteiger partial charge in [-0.2, -0.15) is 8.78 Å². The number of nitrogens with zero attached hydrogens (tertiary/aromatic N) is 1. The van der Waals surface area contributed by atoms with Gasteiger partial charge < -0.3 is 10.6 Å². The predicted octanol–water partition coefficient (Wildman–Crippen LogP) is 0.449. The molecule has 0 spiro atoms. The van der Waals surface area contributed by atoms with E-state index < -0.39 is 12.3 Å². The van der Waals surface area contributed by atoms with Gasteiger partial charge >= 0.3 is 6.43 Å². The fourth-order valence-electron chi connectivity index (χ4n) is 1.60. The fourth-order valence-corrected chi connectivity index (χ4v) is 1.60. The van der Waals surface area contributed by atoms with Gasteiger partial charge in [0.25, 0.3) is 5.91 Å². The zero-order chi connectivity index (χ0) is 9.84. The Bertz CT molecular complexity index is 187. The van der Waals surface area contributed by atoms with Crippen LogP contribution in [0.5, 0.6) is 0 Å². The smallest absolute Gasteiger partial charge is 0.315 e. The number of rotatable bonds is 2. The van der Waals surface area contributed by atoms with Crippen molar-refractivity contribution in [2.24, 2.45) is 11.7 Å². The first-order chi connectivity index (χ1) is 6.15. The van der Waals surface area contributed by atoms with Crippen molar-refractivity contribution in [3.05, 3.63) is 0 Å². The lowest BCUT2D eigenvalue weighted by molar-refractivity contribution is -0.144. The minimum Gasteiger partial charge on any atom is -0.337 e. The number of nitrogens with two attached hydrogens (primary N) is 1. The summed E-state index contributed by atoms with van der Waals surface area (Å²) < 4.78 is 24.0. The van der Waals surface area contributed by atoms with Crippen LogP contribution in [0.1, 0.15) is 12.8 Å². The van der Waals surface area contributed by atoms with Gasteiger partial charge in [0.15, 0.2) is 0 Å². The van der Waals surface area contributed by atoms with Crippen molar-refractivity contribution < 1.29 is 13.6 Å². The first kappa shape index (κ1) is 10.4. The quantitative estimate of drug-likeness (QED) is 0.690. The van der Waals surface area contributed by atoms with E-state index in [0.29, 0.717) is 19.6 Å². The number of hydrogen-bond donors (Lipinski definition) is 1. The molecule has 1 unspecified atom stereocenters. The zero-order valence-electron chi connectivity index (χ0n) is 7.38. The molecule has 1 saturated heterocycles. The highest BCUT2D eigenvalue weighted by atomic mass is 19.3. The summed E-state index contributed by atoms with van der Waals surface area (Å²) in [7, 11) is 0. The molecule has 0 aromatic heterocycles. The van der Waals surface area contributed by atoms with Crippen LogP contribution in [-0.2, 0) is 4.79 Å². The molecule has 1 amide bonds. The zero-order valence-corrected chi connectivity index (χ0v) is 7.38. The number of carbonyl (C=O) groups excluding carboxylic acids is 1. The molecule has 3 nitrogen and oxygen atoms in total. The van der Waals surface area contributed by atoms with Crippen molar-refractivity contribution in [1.29, 1.82) is 0 Å². The van der Waals surface area contributed by atoms with E-state index in [1.54, 1.807) is 0 Å². The van der Waals surface area contributed by atoms with E-state index in [2.05, 4.69) is 0 Å². The second-order valence-corrected chi connectivity index (χ2v) is 3.33. The van der Waals surface area contributed by atoms with Crippen LogP contribution in [0.15, 0.2) is 0 Å². The van der Waals surface area contributed by atoms with Gasteiger partial charge in [-0.05, 0) is 25.3 Å². The molecule has 13 heavy (non-hydrogen) atoms. The summed E-state index contributed by atoms with van der Waals surface area (Å²) in [5.41, 5.74) is 5.42. The van der Waals surface area contributed by atoms with E-state index in [-0.39, 0.29) is 5.92 Å². The van der Waals surface area contributed by atoms with Crippen molar-refractivity contribution in [2.75, 3.05) is 19.6 Å². The van der Waals surface area contributed by atoms with E-state index >= 15 is 0 Å². The third-order valence-corrected chi connectivity index (χ3v) is 2.35. The van der Waals surface area contributed by atoms with E-state index in [0.717, 1.165) is 12.8 Å². The van der Waals surface area contributed by atoms with Crippen LogP contribution in [0.4, 0.5) is 8.78 Å². The lowest BCUT2D eigenvalue weighted by Crippen LogP contribution is -2.44. The van der Waals surface area contributed by atoms with Crippen LogP contribution in [0, 0.1) is 5.92 Å². The van der Waals surface area contributed by atoms with Crippen molar-refractivity contribution in [1.82, 2.24) is 4.90 Å². The topological polar surface area (TPSA) is 46.3 Å². The Balaban J connectivity index is 2.46. The Morgan fingerprint density at radius 1 is 1.62 bits per heavy atom. The Kier molecular flexibility index (Phi) is 3.59. The molecule has 1 fully saturated rings. The molecule has 5 heteroatoms. The number of likely N-dealkylation sites (tertiary alicyclic amines) is 1. The molecule has 1 rings (SSSR count). The maximum atomic E-state index is 12.0. The second-order valence-electron chi connectivity index (χ2n) is 3.33. The highest BCUT2D eigenvalue weighted by molar-refractivity contribution is 5.79. The number of hydrogen-bond acceptors (Lipinski definition) is 2. The number of amides is 1. The summed E-state index contributed by atoms with van der Waals surface area (Å²) in [6, 6.07) is 0. The second kappa shape index (κ2) is 4.50. The predicted molar refractivity (Wildman–Crippen MR) is 44.4 cm³/mol. The summed E-state index contributed by atoms with van der Waals surface area (Å²) in [5.74, 6) is -0.866. The van der Waals surface area contributed by atoms with Crippen molar-refractivity contribution >= 4 is 5.91 Å². The molecule has 76 valence electrons. The van der Waals surface area contributed by atoms with Crippen LogP contribution < -0.4 is 5.73 Å². The summed E-state index contributed by atoms with van der Waals surface area (Å²) >= 11 is 0. The summed E-state index contributed by atoms with van der Waals surface area (Å²) in [6.07, 6.45) is -1.17. The third kappa shape index (κ3) is 2.62. The number of carbonyl (C=O) groups is 1. The number of halogens is 2. The van der Waals surface area contributed by atoms with E-state index in [1.807, 2.05) is 0 Å². The van der Waals surface area contributed by atoms with Crippen molar-refractivity contribution in [2.45, 2.75) is 19.3 Å². The van der Waals surface area contributed by atoms with E-state index in [1.165, 1.54) is 4.90 Å². The fraction of sp³-hybridized carbons (Fsp3) is 0.875. The van der Waals surface area contributed by atoms with E-state index in [4.69, 9.17) is 5.73 Å². The highest BCUT2D eigenvalue weighted by Gasteiger charge is 2.27. The van der Waals surface area contributed by atoms with Crippen LogP contribution in [0.25, 0.3) is 0 Å². The molecule has 0 saturated carbocycles. The Labute approximate surface area is 75.9 Å². The first-order valence-corrected chi connectivity index (χ1v) is 4.42. The lowest BCUT2D eigenvalue weighted by Gasteiger charge is -2.31. The summed E-state index contributed by atoms with van der Waals surface area (Å²) in [4.78, 5) is 12.1. The standard InChI is InChI=1S/C8H14F2N2O/c9-7(10)8(13)12-3-1-2-6(4-11)5-12/h6-7H,1-5,11H2. The minimum atomic E-state index is -2.88. The van der Waals surface area contributed by atoms with Gasteiger partial charge in [-0.25, -0.2) is 0 Å². The molecular formula is C8H14F2N2O. The molecule has 0 aromatic rings. The Morgan fingerprint density at radius 2 is 2.31 bits per heavy atom. The molecule has 1 aliphatic rings. The monoisotopic (exact) mass is 192 g/mol. The van der Waals surface area contributed by atoms with Gasteiger partial charge in [0.2, 0.25) is 0 Å². The highest BCUT2D eigenvalue weighted by Crippen LogP contribution is 2.16. The van der Waals surface area contributed by atoms with Crippen LogP contribution in [0.3, 0.4) is 0 Å². The average Bonchev–Trinajstić information content (AvgIpc) is 2.16. The third-order valence-electron chi connectivity index (χ3n) is 2.35. The molecule has 1 aliphatic heterocycles. The van der Waals surface area contributed by atoms with Crippen molar-refractivity contribution in [3.63, 3.8) is 0 Å². The molecule has 1 atom stereocenters. The normalized spacial score (nSPS) is 23.7.